The van der Waals surface area contributed by atoms with Crippen molar-refractivity contribution >= 4 is 0 Å². The zero-order valence-corrected chi connectivity index (χ0v) is 14.9. The number of phenols is 1. The largest absolute Gasteiger partial charge is 0.508 e. The molecule has 128 valence electrons. The molecule has 1 aliphatic rings. The second kappa shape index (κ2) is 7.40. The third-order valence-electron chi connectivity index (χ3n) is 5.86. The van der Waals surface area contributed by atoms with E-state index in [1.54, 1.807) is 6.07 Å². The molecule has 0 aliphatic carbocycles. The second-order valence-electron chi connectivity index (χ2n) is 7.51. The van der Waals surface area contributed by atoms with E-state index in [0.717, 1.165) is 25.9 Å². The maximum atomic E-state index is 9.81. The maximum absolute atomic E-state index is 9.81. The van der Waals surface area contributed by atoms with E-state index in [9.17, 15) is 5.11 Å². The molecule has 0 saturated carbocycles. The van der Waals surface area contributed by atoms with E-state index in [2.05, 4.69) is 55.1 Å². The Morgan fingerprint density at radius 2 is 1.92 bits per heavy atom. The Labute approximate surface area is 146 Å². The predicted octanol–water partition coefficient (Wildman–Crippen LogP) is 4.62. The first-order valence-corrected chi connectivity index (χ1v) is 9.14. The Bertz CT molecular complexity index is 654. The Balaban J connectivity index is 1.55. The summed E-state index contributed by atoms with van der Waals surface area (Å²) in [7, 11) is 0. The highest BCUT2D eigenvalue weighted by Crippen LogP contribution is 2.40. The summed E-state index contributed by atoms with van der Waals surface area (Å²) in [5.41, 5.74) is 2.88. The molecule has 1 N–H and O–H groups in total. The van der Waals surface area contributed by atoms with Crippen LogP contribution in [-0.2, 0) is 11.8 Å². The predicted molar refractivity (Wildman–Crippen MR) is 100 cm³/mol. The minimum absolute atomic E-state index is 0.161. The van der Waals surface area contributed by atoms with Gasteiger partial charge < -0.3 is 10.0 Å². The average Bonchev–Trinajstić information content (AvgIpc) is 2.59. The summed E-state index contributed by atoms with van der Waals surface area (Å²) >= 11 is 0. The topological polar surface area (TPSA) is 23.5 Å². The Kier molecular flexibility index (Phi) is 5.25. The molecule has 0 radical (unpaired) electrons. The minimum Gasteiger partial charge on any atom is -0.508 e. The summed E-state index contributed by atoms with van der Waals surface area (Å²) in [5.74, 6) is 0.969. The fourth-order valence-electron chi connectivity index (χ4n) is 3.96. The Hall–Kier alpha value is -1.80. The number of nitrogens with zero attached hydrogens (tertiary/aromatic N) is 1. The van der Waals surface area contributed by atoms with Crippen molar-refractivity contribution in [3.63, 3.8) is 0 Å². The van der Waals surface area contributed by atoms with E-state index in [4.69, 9.17) is 0 Å². The molecule has 1 heterocycles. The van der Waals surface area contributed by atoms with Crippen LogP contribution in [0.2, 0.25) is 0 Å². The molecule has 24 heavy (non-hydrogen) atoms. The summed E-state index contributed by atoms with van der Waals surface area (Å²) in [6.07, 6.45) is 3.54. The molecular formula is C22H29NO. The third kappa shape index (κ3) is 3.81. The van der Waals surface area contributed by atoms with Crippen molar-refractivity contribution in [2.75, 3.05) is 19.6 Å². The highest BCUT2D eigenvalue weighted by atomic mass is 16.3. The molecule has 2 atom stereocenters. The van der Waals surface area contributed by atoms with Crippen molar-refractivity contribution in [2.24, 2.45) is 5.92 Å². The fourth-order valence-corrected chi connectivity index (χ4v) is 3.96. The van der Waals surface area contributed by atoms with Crippen molar-refractivity contribution in [3.8, 4) is 5.75 Å². The monoisotopic (exact) mass is 323 g/mol. The lowest BCUT2D eigenvalue weighted by molar-refractivity contribution is 0.110. The van der Waals surface area contributed by atoms with Crippen LogP contribution < -0.4 is 0 Å². The van der Waals surface area contributed by atoms with E-state index >= 15 is 0 Å². The zero-order chi connectivity index (χ0) is 17.0. The third-order valence-corrected chi connectivity index (χ3v) is 5.86. The zero-order valence-electron chi connectivity index (χ0n) is 14.9. The Morgan fingerprint density at radius 3 is 2.62 bits per heavy atom. The van der Waals surface area contributed by atoms with Crippen LogP contribution in [0.15, 0.2) is 54.6 Å². The van der Waals surface area contributed by atoms with Crippen LogP contribution in [0.5, 0.6) is 5.75 Å². The smallest absolute Gasteiger partial charge is 0.115 e. The fraction of sp³-hybridized carbons (Fsp3) is 0.455. The first-order valence-electron chi connectivity index (χ1n) is 9.14. The SMILES string of the molecule is C[C@@H]1CN(CCCc2ccccc2)CC[C@]1(C)c1cccc(O)c1. The lowest BCUT2D eigenvalue weighted by Crippen LogP contribution is -2.47. The van der Waals surface area contributed by atoms with Gasteiger partial charge in [-0.05, 0) is 66.9 Å². The molecule has 1 aliphatic heterocycles. The van der Waals surface area contributed by atoms with Gasteiger partial charge in [0.2, 0.25) is 0 Å². The van der Waals surface area contributed by atoms with Gasteiger partial charge in [-0.1, -0.05) is 56.3 Å². The molecule has 1 fully saturated rings. The number of hydrogen-bond acceptors (Lipinski definition) is 2. The van der Waals surface area contributed by atoms with Crippen LogP contribution in [0, 0.1) is 5.92 Å². The number of aromatic hydroxyl groups is 1. The molecule has 0 spiro atoms. The molecule has 2 aromatic rings. The highest BCUT2D eigenvalue weighted by molar-refractivity contribution is 5.33. The molecule has 0 aromatic heterocycles. The molecular weight excluding hydrogens is 294 g/mol. The van der Waals surface area contributed by atoms with Crippen molar-refractivity contribution < 1.29 is 5.11 Å². The summed E-state index contributed by atoms with van der Waals surface area (Å²) in [4.78, 5) is 2.61. The Morgan fingerprint density at radius 1 is 1.12 bits per heavy atom. The first kappa shape index (κ1) is 17.0. The van der Waals surface area contributed by atoms with Crippen LogP contribution in [0.3, 0.4) is 0 Å². The van der Waals surface area contributed by atoms with Gasteiger partial charge >= 0.3 is 0 Å². The number of rotatable bonds is 5. The summed E-state index contributed by atoms with van der Waals surface area (Å²) in [6.45, 7) is 8.17. The van der Waals surface area contributed by atoms with Crippen LogP contribution in [-0.4, -0.2) is 29.6 Å². The number of hydrogen-bond donors (Lipinski definition) is 1. The maximum Gasteiger partial charge on any atom is 0.115 e. The van der Waals surface area contributed by atoms with Crippen LogP contribution in [0.25, 0.3) is 0 Å². The van der Waals surface area contributed by atoms with Crippen molar-refractivity contribution in [1.29, 1.82) is 0 Å². The van der Waals surface area contributed by atoms with E-state index in [1.165, 1.54) is 24.1 Å². The van der Waals surface area contributed by atoms with Crippen LogP contribution >= 0.6 is 0 Å². The van der Waals surface area contributed by atoms with Crippen molar-refractivity contribution in [3.05, 3.63) is 65.7 Å². The number of likely N-dealkylation sites (tertiary alicyclic amines) is 1. The molecule has 1 saturated heterocycles. The lowest BCUT2D eigenvalue weighted by Gasteiger charge is -2.45. The number of aryl methyl sites for hydroxylation is 1. The van der Waals surface area contributed by atoms with Crippen LogP contribution in [0.4, 0.5) is 0 Å². The van der Waals surface area contributed by atoms with E-state index in [0.29, 0.717) is 11.7 Å². The van der Waals surface area contributed by atoms with Gasteiger partial charge in [0.15, 0.2) is 0 Å². The molecule has 2 heteroatoms. The average molecular weight is 323 g/mol. The number of phenolic OH excluding ortho intramolecular Hbond substituents is 1. The van der Waals surface area contributed by atoms with Gasteiger partial charge in [-0.15, -0.1) is 0 Å². The standard InChI is InChI=1S/C22H29NO/c1-18-17-23(14-7-10-19-8-4-3-5-9-19)15-13-22(18,2)20-11-6-12-21(24)16-20/h3-6,8-9,11-12,16,18,24H,7,10,13-15,17H2,1-2H3/t18-,22+/m1/s1. The van der Waals surface area contributed by atoms with Gasteiger partial charge in [0, 0.05) is 6.54 Å². The van der Waals surface area contributed by atoms with Crippen molar-refractivity contribution in [2.45, 2.75) is 38.5 Å². The summed E-state index contributed by atoms with van der Waals surface area (Å²) < 4.78 is 0. The van der Waals surface area contributed by atoms with E-state index in [-0.39, 0.29) is 5.41 Å². The van der Waals surface area contributed by atoms with Gasteiger partial charge in [-0.25, -0.2) is 0 Å². The van der Waals surface area contributed by atoms with Crippen molar-refractivity contribution in [1.82, 2.24) is 4.90 Å². The number of piperidine rings is 1. The quantitative estimate of drug-likeness (QED) is 0.867. The van der Waals surface area contributed by atoms with Gasteiger partial charge in [-0.2, -0.15) is 0 Å². The van der Waals surface area contributed by atoms with Gasteiger partial charge in [-0.3, -0.25) is 0 Å². The molecule has 3 rings (SSSR count). The molecule has 2 nitrogen and oxygen atoms in total. The van der Waals surface area contributed by atoms with E-state index in [1.807, 2.05) is 12.1 Å². The molecule has 0 bridgehead atoms. The molecule has 0 unspecified atom stereocenters. The lowest BCUT2D eigenvalue weighted by atomic mass is 9.68. The van der Waals surface area contributed by atoms with Gasteiger partial charge in [0.25, 0.3) is 0 Å². The summed E-state index contributed by atoms with van der Waals surface area (Å²) in [6, 6.07) is 18.6. The first-order chi connectivity index (χ1) is 11.6. The number of benzene rings is 2. The highest BCUT2D eigenvalue weighted by Gasteiger charge is 2.37. The molecule has 2 aromatic carbocycles. The van der Waals surface area contributed by atoms with Gasteiger partial charge in [0.05, 0.1) is 0 Å². The van der Waals surface area contributed by atoms with Crippen LogP contribution in [0.1, 0.15) is 37.8 Å². The second-order valence-corrected chi connectivity index (χ2v) is 7.51. The minimum atomic E-state index is 0.161. The molecule has 0 amide bonds. The summed E-state index contributed by atoms with van der Waals surface area (Å²) in [5, 5.41) is 9.81. The van der Waals surface area contributed by atoms with Gasteiger partial charge in [0.1, 0.15) is 5.75 Å². The normalized spacial score (nSPS) is 24.8. The van der Waals surface area contributed by atoms with E-state index < -0.39 is 0 Å².